The van der Waals surface area contributed by atoms with E-state index in [2.05, 4.69) is 54.5 Å². The number of allylic oxidation sites excluding steroid dienone is 2. The zero-order valence-corrected chi connectivity index (χ0v) is 40.3. The Hall–Kier alpha value is -2.86. The topological polar surface area (TPSA) is 315 Å². The maximum Gasteiger partial charge on any atom is 0.337 e. The molecule has 68 heavy (non-hydrogen) atoms. The van der Waals surface area contributed by atoms with Gasteiger partial charge in [0.2, 0.25) is 6.10 Å². The number of aliphatic hydroxyl groups excluding tert-OH is 6. The van der Waals surface area contributed by atoms with Crippen molar-refractivity contribution in [2.75, 3.05) is 20.3 Å². The van der Waals surface area contributed by atoms with Crippen molar-refractivity contribution in [3.8, 4) is 0 Å². The van der Waals surface area contributed by atoms with Gasteiger partial charge in [0.15, 0.2) is 25.0 Å². The first-order valence-electron chi connectivity index (χ1n) is 24.0. The maximum atomic E-state index is 13.3. The minimum absolute atomic E-state index is 0.0180. The maximum absolute atomic E-state index is 13.3. The van der Waals surface area contributed by atoms with E-state index in [4.69, 9.17) is 33.2 Å². The summed E-state index contributed by atoms with van der Waals surface area (Å²) >= 11 is 0. The van der Waals surface area contributed by atoms with Gasteiger partial charge in [0.05, 0.1) is 25.2 Å². The SMILES string of the molecule is COC(=O)[C@H]1O[C@@H](O[C@H]2CC[C@]3(C)[C@H]4CC=C5[C@@H]6CC(C)(C)CC[C@]6(C(=O)O)CC[C@@]5(C)[C@]4(C)CC[C@H]3C2(C)C)[C@H](O[C@@H]2O[C@H](CO)[C@@H](O)[C@H](O)[C@H]2O)[C@@H](O[C@@H](OCC(=O)O)C(O)C(=O)O)[C@@H]1O. The Morgan fingerprint density at radius 2 is 1.46 bits per heavy atom. The molecule has 4 saturated carbocycles. The molecule has 2 heterocycles. The first-order chi connectivity index (χ1) is 31.6. The average Bonchev–Trinajstić information content (AvgIpc) is 3.26. The third-order valence-electron chi connectivity index (χ3n) is 18.6. The van der Waals surface area contributed by atoms with E-state index in [1.165, 1.54) is 5.57 Å². The highest BCUT2D eigenvalue weighted by atomic mass is 16.8. The van der Waals surface area contributed by atoms with E-state index in [1.807, 2.05) is 0 Å². The van der Waals surface area contributed by atoms with Crippen molar-refractivity contribution in [3.63, 3.8) is 0 Å². The number of hydrogen-bond acceptors (Lipinski definition) is 17. The Kier molecular flexibility index (Phi) is 14.8. The highest BCUT2D eigenvalue weighted by molar-refractivity contribution is 5.77. The normalized spacial score (nSPS) is 46.0. The number of carboxylic acid groups (broad SMARTS) is 3. The van der Waals surface area contributed by atoms with Gasteiger partial charge in [-0.3, -0.25) is 4.79 Å². The van der Waals surface area contributed by atoms with E-state index in [0.29, 0.717) is 25.7 Å². The molecule has 20 heteroatoms. The lowest BCUT2D eigenvalue weighted by Crippen LogP contribution is -2.68. The largest absolute Gasteiger partial charge is 0.481 e. The third-order valence-corrected chi connectivity index (χ3v) is 18.6. The van der Waals surface area contributed by atoms with Gasteiger partial charge in [-0.1, -0.05) is 60.1 Å². The van der Waals surface area contributed by atoms with Crippen LogP contribution < -0.4 is 0 Å². The van der Waals surface area contributed by atoms with Crippen molar-refractivity contribution in [3.05, 3.63) is 11.6 Å². The predicted molar refractivity (Wildman–Crippen MR) is 233 cm³/mol. The molecule has 5 aliphatic carbocycles. The molecule has 6 fully saturated rings. The third kappa shape index (κ3) is 8.73. The number of carboxylic acids is 3. The number of rotatable bonds is 14. The quantitative estimate of drug-likeness (QED) is 0.0520. The fourth-order valence-electron chi connectivity index (χ4n) is 14.5. The summed E-state index contributed by atoms with van der Waals surface area (Å²) in [5, 5.41) is 94.6. The molecule has 0 aromatic carbocycles. The number of fused-ring (bicyclic) bond motifs is 7. The van der Waals surface area contributed by atoms with Crippen LogP contribution in [0.4, 0.5) is 0 Å². The van der Waals surface area contributed by atoms with E-state index in [0.717, 1.165) is 45.6 Å². The summed E-state index contributed by atoms with van der Waals surface area (Å²) in [6.07, 6.45) is -14.7. The monoisotopic (exact) mass is 970 g/mol. The molecule has 0 bridgehead atoms. The molecule has 0 radical (unpaired) electrons. The molecular weight excluding hydrogens is 897 g/mol. The second-order valence-corrected chi connectivity index (χ2v) is 22.9. The molecule has 9 N–H and O–H groups in total. The van der Waals surface area contributed by atoms with Gasteiger partial charge in [-0.15, -0.1) is 0 Å². The molecular formula is C48H74O20. The van der Waals surface area contributed by atoms with Gasteiger partial charge in [-0.05, 0) is 109 Å². The van der Waals surface area contributed by atoms with Crippen LogP contribution in [-0.4, -0.2) is 170 Å². The highest BCUT2D eigenvalue weighted by Crippen LogP contribution is 2.76. The zero-order chi connectivity index (χ0) is 50.3. The number of carbonyl (C=O) groups excluding carboxylic acids is 1. The van der Waals surface area contributed by atoms with Crippen LogP contribution in [-0.2, 0) is 52.3 Å². The summed E-state index contributed by atoms with van der Waals surface area (Å²) in [5.41, 5.74) is -0.748. The zero-order valence-electron chi connectivity index (χ0n) is 40.3. The van der Waals surface area contributed by atoms with Gasteiger partial charge in [0, 0.05) is 0 Å². The molecule has 0 aromatic heterocycles. The molecule has 2 aliphatic heterocycles. The molecule has 0 spiro atoms. The second-order valence-electron chi connectivity index (χ2n) is 22.9. The van der Waals surface area contributed by atoms with Crippen LogP contribution in [0.1, 0.15) is 113 Å². The van der Waals surface area contributed by atoms with E-state index < -0.39 is 128 Å². The fourth-order valence-corrected chi connectivity index (χ4v) is 14.5. The number of esters is 1. The van der Waals surface area contributed by atoms with Crippen molar-refractivity contribution in [1.29, 1.82) is 0 Å². The number of aliphatic carboxylic acids is 3. The van der Waals surface area contributed by atoms with Crippen molar-refractivity contribution < 1.29 is 98.3 Å². The number of carbonyl (C=O) groups is 4. The van der Waals surface area contributed by atoms with Crippen molar-refractivity contribution in [2.45, 2.75) is 193 Å². The van der Waals surface area contributed by atoms with Crippen LogP contribution in [0.3, 0.4) is 0 Å². The van der Waals surface area contributed by atoms with E-state index >= 15 is 0 Å². The van der Waals surface area contributed by atoms with Gasteiger partial charge < -0.3 is 79.1 Å². The first kappa shape index (κ1) is 53.0. The van der Waals surface area contributed by atoms with Crippen molar-refractivity contribution >= 4 is 23.9 Å². The number of methoxy groups -OCH3 is 1. The molecule has 7 rings (SSSR count). The Morgan fingerprint density at radius 3 is 2.07 bits per heavy atom. The van der Waals surface area contributed by atoms with Gasteiger partial charge in [0.1, 0.15) is 49.3 Å². The Bertz CT molecular complexity index is 1940. The summed E-state index contributed by atoms with van der Waals surface area (Å²) in [7, 11) is 1.02. The first-order valence-corrected chi connectivity index (χ1v) is 24.0. The van der Waals surface area contributed by atoms with Gasteiger partial charge in [-0.2, -0.15) is 0 Å². The Morgan fingerprint density at radius 1 is 0.779 bits per heavy atom. The summed E-state index contributed by atoms with van der Waals surface area (Å²) in [6.45, 7) is 13.8. The van der Waals surface area contributed by atoms with Gasteiger partial charge >= 0.3 is 23.9 Å². The van der Waals surface area contributed by atoms with Crippen LogP contribution >= 0.6 is 0 Å². The number of aliphatic hydroxyl groups is 6. The molecule has 2 saturated heterocycles. The summed E-state index contributed by atoms with van der Waals surface area (Å²) < 4.78 is 40.8. The smallest absolute Gasteiger partial charge is 0.337 e. The van der Waals surface area contributed by atoms with Gasteiger partial charge in [0.25, 0.3) is 0 Å². The van der Waals surface area contributed by atoms with Crippen LogP contribution in [0.2, 0.25) is 0 Å². The molecule has 7 aliphatic rings. The van der Waals surface area contributed by atoms with Crippen LogP contribution in [0.5, 0.6) is 0 Å². The Labute approximate surface area is 396 Å². The van der Waals surface area contributed by atoms with Crippen LogP contribution in [0.15, 0.2) is 11.6 Å². The molecule has 0 aromatic rings. The lowest BCUT2D eigenvalue weighted by atomic mass is 9.33. The summed E-state index contributed by atoms with van der Waals surface area (Å²) in [5.74, 6) is -5.12. The number of ether oxygens (including phenoxy) is 7. The average molecular weight is 971 g/mol. The molecule has 20 atom stereocenters. The summed E-state index contributed by atoms with van der Waals surface area (Å²) in [4.78, 5) is 50.1. The lowest BCUT2D eigenvalue weighted by molar-refractivity contribution is -0.387. The fraction of sp³-hybridized carbons (Fsp3) is 0.875. The lowest BCUT2D eigenvalue weighted by Gasteiger charge is -2.71. The van der Waals surface area contributed by atoms with E-state index in [9.17, 15) is 65.1 Å². The second kappa shape index (κ2) is 19.0. The van der Waals surface area contributed by atoms with Gasteiger partial charge in [-0.25, -0.2) is 14.4 Å². The molecule has 0 amide bonds. The minimum Gasteiger partial charge on any atom is -0.481 e. The molecule has 20 nitrogen and oxygen atoms in total. The van der Waals surface area contributed by atoms with Crippen molar-refractivity contribution in [1.82, 2.24) is 0 Å². The number of hydrogen-bond donors (Lipinski definition) is 9. The van der Waals surface area contributed by atoms with E-state index in [-0.39, 0.29) is 39.4 Å². The minimum atomic E-state index is -2.56. The standard InChI is InChI=1S/C48H74O20/c1-43(2)15-17-48(42(60)61)18-16-46(6)22(23(48)19-43)9-10-26-45(5)13-12-27(44(3,4)25(45)11-14-47(26,46)7)65-41-36(68-40-31(54)30(53)29(52)24(20-49)64-40)34(32(55)35(67-41)38(59)62-8)66-39(33(56)37(57)58)63-21-28(50)51/h9,23-27,29-36,39-41,49,52-56H,10-21H2,1-8H3,(H,50,51)(H,57,58)(H,60,61)/t23-,24+,25-,26+,27-,29+,30-,31+,32-,33?,34-,35-,36+,39+,40-,41+,45-,46+,47+,48-/m0/s1. The Balaban J connectivity index is 1.23. The van der Waals surface area contributed by atoms with E-state index in [1.54, 1.807) is 0 Å². The predicted octanol–water partition coefficient (Wildman–Crippen LogP) is 1.96. The highest BCUT2D eigenvalue weighted by Gasteiger charge is 2.70. The van der Waals surface area contributed by atoms with Crippen LogP contribution in [0.25, 0.3) is 0 Å². The van der Waals surface area contributed by atoms with Crippen LogP contribution in [0, 0.1) is 50.2 Å². The summed E-state index contributed by atoms with van der Waals surface area (Å²) in [6, 6.07) is 0. The van der Waals surface area contributed by atoms with Crippen molar-refractivity contribution in [2.24, 2.45) is 50.2 Å². The molecule has 1 unspecified atom stereocenters. The molecule has 386 valence electrons.